The van der Waals surface area contributed by atoms with Gasteiger partial charge in [0.15, 0.2) is 0 Å². The molecule has 0 aliphatic heterocycles. The topological polar surface area (TPSA) is 213 Å². The third kappa shape index (κ3) is 5.49. The highest BCUT2D eigenvalue weighted by Gasteiger charge is 2.72. The molecule has 2 amide bonds. The van der Waals surface area contributed by atoms with Crippen LogP contribution in [0.15, 0.2) is 72.8 Å². The Morgan fingerprint density at radius 1 is 0.617 bits per heavy atom. The lowest BCUT2D eigenvalue weighted by molar-refractivity contribution is -0.384. The lowest BCUT2D eigenvalue weighted by Crippen LogP contribution is -2.54. The number of benzene rings is 4. The van der Waals surface area contributed by atoms with Crippen molar-refractivity contribution >= 4 is 23.2 Å². The molecule has 244 valence electrons. The van der Waals surface area contributed by atoms with E-state index in [4.69, 9.17) is 11.5 Å². The molecule has 0 saturated carbocycles. The zero-order valence-corrected chi connectivity index (χ0v) is 23.1. The summed E-state index contributed by atoms with van der Waals surface area (Å²) in [6.45, 7) is 0. The van der Waals surface area contributed by atoms with Gasteiger partial charge in [-0.2, -0.15) is 26.3 Å². The number of amides is 2. The van der Waals surface area contributed by atoms with Crippen LogP contribution >= 0.6 is 0 Å². The molecule has 0 aliphatic carbocycles. The van der Waals surface area contributed by atoms with Crippen molar-refractivity contribution in [2.24, 2.45) is 11.5 Å². The summed E-state index contributed by atoms with van der Waals surface area (Å²) < 4.78 is 90.8. The summed E-state index contributed by atoms with van der Waals surface area (Å²) in [5, 5.41) is 44.6. The molecule has 0 aromatic heterocycles. The van der Waals surface area contributed by atoms with Crippen LogP contribution < -0.4 is 11.5 Å². The molecule has 0 bridgehead atoms. The number of primary amides is 2. The number of halogens is 6. The van der Waals surface area contributed by atoms with Gasteiger partial charge in [-0.3, -0.25) is 29.8 Å². The Morgan fingerprint density at radius 2 is 0.957 bits per heavy atom. The quantitative estimate of drug-likeness (QED) is 0.102. The fourth-order valence-electron chi connectivity index (χ4n) is 5.28. The summed E-state index contributed by atoms with van der Waals surface area (Å²) in [6, 6.07) is 6.76. The van der Waals surface area contributed by atoms with Crippen molar-refractivity contribution in [3.63, 3.8) is 0 Å². The van der Waals surface area contributed by atoms with Crippen molar-refractivity contribution in [2.75, 3.05) is 0 Å². The molecule has 4 rings (SSSR count). The fourth-order valence-corrected chi connectivity index (χ4v) is 5.28. The van der Waals surface area contributed by atoms with Crippen LogP contribution in [0.5, 0.6) is 11.5 Å². The van der Waals surface area contributed by atoms with Crippen LogP contribution in [0, 0.1) is 20.2 Å². The highest BCUT2D eigenvalue weighted by molar-refractivity contribution is 6.04. The third-order valence-corrected chi connectivity index (χ3v) is 7.26. The maximum absolute atomic E-state index is 15.1. The normalized spacial score (nSPS) is 12.0. The molecule has 0 fully saturated rings. The van der Waals surface area contributed by atoms with Crippen LogP contribution in [-0.2, 0) is 5.41 Å². The third-order valence-electron chi connectivity index (χ3n) is 7.26. The number of phenols is 2. The number of aromatic hydroxyl groups is 2. The van der Waals surface area contributed by atoms with Crippen molar-refractivity contribution in [3.8, 4) is 33.8 Å². The first-order valence-corrected chi connectivity index (χ1v) is 12.7. The zero-order chi connectivity index (χ0) is 35.2. The molecule has 18 heteroatoms. The van der Waals surface area contributed by atoms with Gasteiger partial charge in [0, 0.05) is 23.3 Å². The summed E-state index contributed by atoms with van der Waals surface area (Å²) >= 11 is 0. The Balaban J connectivity index is 2.19. The van der Waals surface area contributed by atoms with Gasteiger partial charge in [-0.05, 0) is 47.5 Å². The Kier molecular flexibility index (Phi) is 8.33. The standard InChI is InChI=1S/C29H18F6N4O8/c30-28(31,32)27(29(33,34)35,13-7-9-21(40)17(11-13)23-15(25(36)42)3-1-5-19(23)38(44)45)14-8-10-22(41)18(12-14)24-16(26(37)43)4-2-6-20(24)39(46)47/h1-12,40-41H,(H2,36,42)(H2,37,43). The van der Waals surface area contributed by atoms with Crippen LogP contribution in [0.1, 0.15) is 31.8 Å². The largest absolute Gasteiger partial charge is 0.507 e. The summed E-state index contributed by atoms with van der Waals surface area (Å²) in [5.74, 6) is -4.88. The molecule has 0 spiro atoms. The monoisotopic (exact) mass is 664 g/mol. The summed E-state index contributed by atoms with van der Waals surface area (Å²) in [7, 11) is 0. The number of hydrogen-bond acceptors (Lipinski definition) is 8. The maximum Gasteiger partial charge on any atom is 0.411 e. The number of phenolic OH excluding ortho intramolecular Hbond substituents is 2. The Morgan fingerprint density at radius 3 is 1.23 bits per heavy atom. The van der Waals surface area contributed by atoms with E-state index in [1.165, 1.54) is 0 Å². The number of nitro benzene ring substituents is 2. The van der Waals surface area contributed by atoms with Gasteiger partial charge < -0.3 is 21.7 Å². The van der Waals surface area contributed by atoms with E-state index in [0.717, 1.165) is 36.4 Å². The number of carbonyl (C=O) groups is 2. The molecular formula is C29H18F6N4O8. The predicted molar refractivity (Wildman–Crippen MR) is 150 cm³/mol. The van der Waals surface area contributed by atoms with Gasteiger partial charge in [-0.15, -0.1) is 0 Å². The first kappa shape index (κ1) is 33.7. The van der Waals surface area contributed by atoms with E-state index in [1.807, 2.05) is 0 Å². The highest BCUT2D eigenvalue weighted by atomic mass is 19.4. The average Bonchev–Trinajstić information content (AvgIpc) is 2.96. The minimum atomic E-state index is -6.32. The second-order valence-corrected chi connectivity index (χ2v) is 9.85. The SMILES string of the molecule is NC(=O)c1cccc([N+](=O)[O-])c1-c1cc(C(c2ccc(O)c(-c3c(C(N)=O)cccc3[N+](=O)[O-])c2)(C(F)(F)F)C(F)(F)F)ccc1O. The van der Waals surface area contributed by atoms with Gasteiger partial charge in [-0.25, -0.2) is 0 Å². The fraction of sp³-hybridized carbons (Fsp3) is 0.103. The smallest absolute Gasteiger partial charge is 0.411 e. The van der Waals surface area contributed by atoms with Gasteiger partial charge in [0.25, 0.3) is 11.4 Å². The van der Waals surface area contributed by atoms with Gasteiger partial charge in [0.05, 0.1) is 32.1 Å². The summed E-state index contributed by atoms with van der Waals surface area (Å²) in [4.78, 5) is 45.5. The Labute approximate surface area is 257 Å². The van der Waals surface area contributed by atoms with Crippen molar-refractivity contribution in [1.82, 2.24) is 0 Å². The van der Waals surface area contributed by atoms with E-state index in [9.17, 15) is 40.0 Å². The number of nitrogens with two attached hydrogens (primary N) is 2. The summed E-state index contributed by atoms with van der Waals surface area (Å²) in [6.07, 6.45) is -12.6. The maximum atomic E-state index is 15.1. The van der Waals surface area contributed by atoms with Crippen LogP contribution in [0.3, 0.4) is 0 Å². The van der Waals surface area contributed by atoms with Gasteiger partial charge >= 0.3 is 12.4 Å². The molecule has 4 aromatic carbocycles. The van der Waals surface area contributed by atoms with Crippen LogP contribution in [0.25, 0.3) is 22.3 Å². The van der Waals surface area contributed by atoms with Crippen LogP contribution in [0.4, 0.5) is 37.7 Å². The highest BCUT2D eigenvalue weighted by Crippen LogP contribution is 2.58. The van der Waals surface area contributed by atoms with E-state index in [-0.39, 0.29) is 24.3 Å². The van der Waals surface area contributed by atoms with E-state index in [0.29, 0.717) is 12.1 Å². The Hall–Kier alpha value is -6.20. The number of rotatable bonds is 8. The Bertz CT molecular complexity index is 1770. The van der Waals surface area contributed by atoms with Crippen molar-refractivity contribution in [1.29, 1.82) is 0 Å². The lowest BCUT2D eigenvalue weighted by atomic mass is 9.71. The molecule has 0 aliphatic rings. The van der Waals surface area contributed by atoms with Gasteiger partial charge in [0.1, 0.15) is 11.5 Å². The molecule has 0 saturated heterocycles. The molecule has 0 unspecified atom stereocenters. The second-order valence-electron chi connectivity index (χ2n) is 9.85. The van der Waals surface area contributed by atoms with E-state index in [2.05, 4.69) is 0 Å². The first-order valence-electron chi connectivity index (χ1n) is 12.7. The molecule has 0 heterocycles. The molecule has 0 radical (unpaired) electrons. The number of nitrogens with zero attached hydrogens (tertiary/aromatic N) is 2. The molecule has 12 nitrogen and oxygen atoms in total. The number of hydrogen-bond donors (Lipinski definition) is 4. The van der Waals surface area contributed by atoms with E-state index >= 15 is 26.3 Å². The first-order chi connectivity index (χ1) is 21.7. The molecular weight excluding hydrogens is 646 g/mol. The van der Waals surface area contributed by atoms with Crippen molar-refractivity contribution < 1.29 is 56.0 Å². The van der Waals surface area contributed by atoms with Crippen LogP contribution in [-0.4, -0.2) is 44.2 Å². The molecule has 4 aromatic rings. The van der Waals surface area contributed by atoms with Gasteiger partial charge in [-0.1, -0.05) is 24.3 Å². The lowest BCUT2D eigenvalue weighted by Gasteiger charge is -2.39. The molecule has 47 heavy (non-hydrogen) atoms. The van der Waals surface area contributed by atoms with E-state index in [1.54, 1.807) is 0 Å². The van der Waals surface area contributed by atoms with Gasteiger partial charge in [0.2, 0.25) is 17.2 Å². The molecule has 0 atom stereocenters. The zero-order valence-electron chi connectivity index (χ0n) is 23.1. The number of alkyl halides is 6. The van der Waals surface area contributed by atoms with Crippen LogP contribution in [0.2, 0.25) is 0 Å². The van der Waals surface area contributed by atoms with E-state index < -0.39 is 107 Å². The number of nitro groups is 2. The molecule has 6 N–H and O–H groups in total. The van der Waals surface area contributed by atoms with Crippen molar-refractivity contribution in [2.45, 2.75) is 17.8 Å². The average molecular weight is 664 g/mol. The minimum absolute atomic E-state index is 0.136. The summed E-state index contributed by atoms with van der Waals surface area (Å²) in [5.41, 5.74) is -5.14. The second kappa shape index (κ2) is 11.6. The minimum Gasteiger partial charge on any atom is -0.507 e. The van der Waals surface area contributed by atoms with Crippen molar-refractivity contribution in [3.05, 3.63) is 115 Å². The predicted octanol–water partition coefficient (Wildman–Crippen LogP) is 5.86. The number of carbonyl (C=O) groups excluding carboxylic acids is 2.